The van der Waals surface area contributed by atoms with E-state index in [1.165, 1.54) is 225 Å². The van der Waals surface area contributed by atoms with Gasteiger partial charge in [0, 0.05) is 12.8 Å². The summed E-state index contributed by atoms with van der Waals surface area (Å²) >= 11 is 0. The first-order valence-electron chi connectivity index (χ1n) is 27.4. The van der Waals surface area contributed by atoms with Crippen LogP contribution >= 0.6 is 0 Å². The molecule has 6 nitrogen and oxygen atoms in total. The molecule has 0 bridgehead atoms. The molecular formula is C55H107NO5. The maximum atomic E-state index is 12.4. The Morgan fingerprint density at radius 2 is 0.787 bits per heavy atom. The molecule has 0 aliphatic carbocycles. The SMILES string of the molecule is CCCC/C=C\CCCCCCCC(=O)OCCCCCCCCCCCCCCCCCCCCCCCC(=O)NC(CO)C(O)CCCCCCCCCCCCCC. The average molecular weight is 862 g/mol. The first-order valence-corrected chi connectivity index (χ1v) is 27.4. The molecule has 0 spiro atoms. The number of nitrogens with one attached hydrogen (secondary N) is 1. The molecule has 3 N–H and O–H groups in total. The highest BCUT2D eigenvalue weighted by molar-refractivity contribution is 5.76. The predicted molar refractivity (Wildman–Crippen MR) is 264 cm³/mol. The van der Waals surface area contributed by atoms with Crippen LogP contribution in [0, 0.1) is 0 Å². The maximum Gasteiger partial charge on any atom is 0.305 e. The number of amides is 1. The number of aliphatic hydroxyl groups excluding tert-OH is 2. The Labute approximate surface area is 380 Å². The van der Waals surface area contributed by atoms with E-state index in [9.17, 15) is 19.8 Å². The molecule has 0 saturated carbocycles. The summed E-state index contributed by atoms with van der Waals surface area (Å²) in [4.78, 5) is 24.4. The number of carbonyl (C=O) groups excluding carboxylic acids is 2. The van der Waals surface area contributed by atoms with Gasteiger partial charge in [-0.3, -0.25) is 9.59 Å². The van der Waals surface area contributed by atoms with Crippen LogP contribution in [0.5, 0.6) is 0 Å². The minimum absolute atomic E-state index is 0.00104. The zero-order valence-corrected chi connectivity index (χ0v) is 41.2. The van der Waals surface area contributed by atoms with Crippen molar-refractivity contribution < 1.29 is 24.5 Å². The number of hydrogen-bond donors (Lipinski definition) is 3. The molecular weight excluding hydrogens is 755 g/mol. The van der Waals surface area contributed by atoms with E-state index >= 15 is 0 Å². The predicted octanol–water partition coefficient (Wildman–Crippen LogP) is 16.5. The Morgan fingerprint density at radius 3 is 1.21 bits per heavy atom. The summed E-state index contributed by atoms with van der Waals surface area (Å²) in [6, 6.07) is -0.540. The number of rotatable bonds is 51. The third-order valence-electron chi connectivity index (χ3n) is 12.8. The van der Waals surface area contributed by atoms with Crippen molar-refractivity contribution >= 4 is 11.9 Å². The molecule has 0 heterocycles. The molecule has 0 saturated heterocycles. The van der Waals surface area contributed by atoms with Crippen LogP contribution in [-0.2, 0) is 14.3 Å². The standard InChI is InChI=1S/C55H107NO5/c1-3-5-7-9-11-13-15-28-31-35-39-43-47-53(58)52(51-57)56-54(59)48-44-40-36-32-29-25-23-21-19-17-16-18-20-22-24-26-30-34-38-42-46-50-61-55(60)49-45-41-37-33-27-14-12-10-8-6-4-2/h10,12,52-53,57-58H,3-9,11,13-51H2,1-2H3,(H,56,59)/b12-10-. The van der Waals surface area contributed by atoms with Gasteiger partial charge in [-0.05, 0) is 44.9 Å². The highest BCUT2D eigenvalue weighted by Gasteiger charge is 2.20. The molecule has 0 aliphatic rings. The van der Waals surface area contributed by atoms with E-state index in [1.54, 1.807) is 0 Å². The van der Waals surface area contributed by atoms with Crippen LogP contribution < -0.4 is 5.32 Å². The second kappa shape index (κ2) is 51.2. The van der Waals surface area contributed by atoms with Crippen molar-refractivity contribution in [2.75, 3.05) is 13.2 Å². The van der Waals surface area contributed by atoms with Gasteiger partial charge < -0.3 is 20.3 Å². The summed E-state index contributed by atoms with van der Waals surface area (Å²) in [7, 11) is 0. The van der Waals surface area contributed by atoms with Gasteiger partial charge in [-0.2, -0.15) is 0 Å². The number of ether oxygens (including phenoxy) is 1. The highest BCUT2D eigenvalue weighted by Crippen LogP contribution is 2.17. The number of unbranched alkanes of at least 4 members (excludes halogenated alkanes) is 38. The van der Waals surface area contributed by atoms with Crippen LogP contribution in [0.4, 0.5) is 0 Å². The number of aliphatic hydroxyl groups is 2. The molecule has 0 aliphatic heterocycles. The summed E-state index contributed by atoms with van der Waals surface area (Å²) < 4.78 is 5.45. The van der Waals surface area contributed by atoms with Gasteiger partial charge in [-0.15, -0.1) is 0 Å². The zero-order chi connectivity index (χ0) is 44.4. The first-order chi connectivity index (χ1) is 30.0. The summed E-state index contributed by atoms with van der Waals surface area (Å²) in [5.41, 5.74) is 0. The van der Waals surface area contributed by atoms with Crippen molar-refractivity contribution in [3.05, 3.63) is 12.2 Å². The lowest BCUT2D eigenvalue weighted by atomic mass is 10.0. The fourth-order valence-electron chi connectivity index (χ4n) is 8.56. The normalized spacial score (nSPS) is 12.7. The number of esters is 1. The molecule has 362 valence electrons. The van der Waals surface area contributed by atoms with Gasteiger partial charge in [0.2, 0.25) is 5.91 Å². The van der Waals surface area contributed by atoms with Crippen molar-refractivity contribution in [2.45, 2.75) is 315 Å². The third kappa shape index (κ3) is 47.9. The van der Waals surface area contributed by atoms with Crippen molar-refractivity contribution in [3.8, 4) is 0 Å². The van der Waals surface area contributed by atoms with E-state index in [1.807, 2.05) is 0 Å². The van der Waals surface area contributed by atoms with E-state index in [-0.39, 0.29) is 18.5 Å². The molecule has 2 unspecified atom stereocenters. The second-order valence-corrected chi connectivity index (χ2v) is 18.9. The van der Waals surface area contributed by atoms with Crippen molar-refractivity contribution in [1.82, 2.24) is 5.32 Å². The van der Waals surface area contributed by atoms with Crippen LogP contribution in [0.25, 0.3) is 0 Å². The Hall–Kier alpha value is -1.40. The Kier molecular flexibility index (Phi) is 50.1. The molecule has 61 heavy (non-hydrogen) atoms. The summed E-state index contributed by atoms with van der Waals surface area (Å²) in [5, 5.41) is 23.2. The average Bonchev–Trinajstić information content (AvgIpc) is 3.26. The molecule has 0 aromatic rings. The number of allylic oxidation sites excluding steroid dienone is 2. The fourth-order valence-corrected chi connectivity index (χ4v) is 8.56. The van der Waals surface area contributed by atoms with Gasteiger partial charge in [-0.1, -0.05) is 257 Å². The van der Waals surface area contributed by atoms with Crippen LogP contribution in [0.1, 0.15) is 303 Å². The highest BCUT2D eigenvalue weighted by atomic mass is 16.5. The minimum Gasteiger partial charge on any atom is -0.466 e. The molecule has 0 aromatic carbocycles. The van der Waals surface area contributed by atoms with Gasteiger partial charge >= 0.3 is 5.97 Å². The van der Waals surface area contributed by atoms with Crippen molar-refractivity contribution in [1.29, 1.82) is 0 Å². The molecule has 1 amide bonds. The molecule has 2 atom stereocenters. The van der Waals surface area contributed by atoms with Crippen LogP contribution in [0.15, 0.2) is 12.2 Å². The number of carbonyl (C=O) groups is 2. The molecule has 0 aromatic heterocycles. The fraction of sp³-hybridized carbons (Fsp3) is 0.927. The topological polar surface area (TPSA) is 95.9 Å². The van der Waals surface area contributed by atoms with E-state index in [4.69, 9.17) is 4.74 Å². The van der Waals surface area contributed by atoms with Crippen molar-refractivity contribution in [3.63, 3.8) is 0 Å². The summed E-state index contributed by atoms with van der Waals surface area (Å²) in [5.74, 6) is -0.0347. The quantitative estimate of drug-likeness (QED) is 0.0322. The monoisotopic (exact) mass is 862 g/mol. The van der Waals surface area contributed by atoms with Gasteiger partial charge in [0.05, 0.1) is 25.4 Å². The Balaban J connectivity index is 3.37. The van der Waals surface area contributed by atoms with Gasteiger partial charge in [0.1, 0.15) is 0 Å². The Morgan fingerprint density at radius 1 is 0.443 bits per heavy atom. The lowest BCUT2D eigenvalue weighted by Gasteiger charge is -2.22. The lowest BCUT2D eigenvalue weighted by Crippen LogP contribution is -2.45. The van der Waals surface area contributed by atoms with Crippen LogP contribution in [0.3, 0.4) is 0 Å². The molecule has 0 radical (unpaired) electrons. The van der Waals surface area contributed by atoms with E-state index in [0.717, 1.165) is 44.9 Å². The summed E-state index contributed by atoms with van der Waals surface area (Å²) in [6.07, 6.45) is 59.1. The van der Waals surface area contributed by atoms with Gasteiger partial charge in [0.15, 0.2) is 0 Å². The largest absolute Gasteiger partial charge is 0.466 e. The lowest BCUT2D eigenvalue weighted by molar-refractivity contribution is -0.143. The van der Waals surface area contributed by atoms with Crippen LogP contribution in [-0.4, -0.2) is 47.4 Å². The van der Waals surface area contributed by atoms with E-state index in [0.29, 0.717) is 25.9 Å². The molecule has 6 heteroatoms. The minimum atomic E-state index is -0.663. The van der Waals surface area contributed by atoms with Gasteiger partial charge in [0.25, 0.3) is 0 Å². The number of hydrogen-bond acceptors (Lipinski definition) is 5. The molecule has 0 rings (SSSR count). The first kappa shape index (κ1) is 59.6. The Bertz CT molecular complexity index is 909. The third-order valence-corrected chi connectivity index (χ3v) is 12.8. The smallest absolute Gasteiger partial charge is 0.305 e. The van der Waals surface area contributed by atoms with E-state index < -0.39 is 12.1 Å². The van der Waals surface area contributed by atoms with Crippen molar-refractivity contribution in [2.24, 2.45) is 0 Å². The maximum absolute atomic E-state index is 12.4. The second-order valence-electron chi connectivity index (χ2n) is 18.9. The van der Waals surface area contributed by atoms with Gasteiger partial charge in [-0.25, -0.2) is 0 Å². The van der Waals surface area contributed by atoms with E-state index in [2.05, 4.69) is 31.3 Å². The zero-order valence-electron chi connectivity index (χ0n) is 41.2. The summed E-state index contributed by atoms with van der Waals surface area (Å²) in [6.45, 7) is 4.91. The van der Waals surface area contributed by atoms with Crippen LogP contribution in [0.2, 0.25) is 0 Å². The molecule has 0 fully saturated rings.